The molecule has 0 aliphatic rings. The molecule has 0 saturated carbocycles. The number of carbonyl (C=O) groups is 1. The summed E-state index contributed by atoms with van der Waals surface area (Å²) in [6, 6.07) is 12.9. The molecule has 1 amide bonds. The molecule has 1 aromatic heterocycles. The van der Waals surface area contributed by atoms with Gasteiger partial charge < -0.3 is 10.0 Å². The number of nitriles is 1. The Balaban J connectivity index is 2.05. The maximum atomic E-state index is 13.2. The van der Waals surface area contributed by atoms with E-state index in [1.807, 2.05) is 12.1 Å². The van der Waals surface area contributed by atoms with Gasteiger partial charge in [-0.25, -0.2) is 4.39 Å². The zero-order valence-electron chi connectivity index (χ0n) is 13.1. The van der Waals surface area contributed by atoms with Gasteiger partial charge >= 0.3 is 0 Å². The topological polar surface area (TPSA) is 77.2 Å². The van der Waals surface area contributed by atoms with Gasteiger partial charge in [-0.15, -0.1) is 0 Å². The van der Waals surface area contributed by atoms with Gasteiger partial charge in [0.25, 0.3) is 0 Å². The van der Waals surface area contributed by atoms with E-state index in [4.69, 9.17) is 5.26 Å². The van der Waals surface area contributed by atoms with Crippen molar-refractivity contribution in [2.45, 2.75) is 25.5 Å². The van der Waals surface area contributed by atoms with Crippen molar-refractivity contribution in [3.63, 3.8) is 0 Å². The summed E-state index contributed by atoms with van der Waals surface area (Å²) < 4.78 is 13.2. The number of benzene rings is 1. The lowest BCUT2D eigenvalue weighted by molar-refractivity contribution is -0.134. The van der Waals surface area contributed by atoms with Gasteiger partial charge in [-0.3, -0.25) is 9.78 Å². The third-order valence-corrected chi connectivity index (χ3v) is 3.53. The van der Waals surface area contributed by atoms with Crippen molar-refractivity contribution >= 4 is 5.91 Å². The molecule has 1 aromatic carbocycles. The van der Waals surface area contributed by atoms with E-state index in [0.29, 0.717) is 11.3 Å². The maximum Gasteiger partial charge on any atom is 0.225 e. The molecule has 2 aromatic rings. The highest BCUT2D eigenvalue weighted by molar-refractivity contribution is 5.76. The van der Waals surface area contributed by atoms with Gasteiger partial charge in [-0.05, 0) is 29.8 Å². The highest BCUT2D eigenvalue weighted by Crippen LogP contribution is 2.19. The monoisotopic (exact) mass is 327 g/mol. The van der Waals surface area contributed by atoms with Crippen LogP contribution in [-0.2, 0) is 11.3 Å². The van der Waals surface area contributed by atoms with Gasteiger partial charge in [0, 0.05) is 12.7 Å². The van der Waals surface area contributed by atoms with E-state index in [1.54, 1.807) is 24.4 Å². The molecule has 124 valence electrons. The number of rotatable bonds is 7. The molecule has 0 saturated heterocycles. The van der Waals surface area contributed by atoms with Crippen LogP contribution >= 0.6 is 0 Å². The summed E-state index contributed by atoms with van der Waals surface area (Å²) in [5, 5.41) is 18.9. The average Bonchev–Trinajstić information content (AvgIpc) is 2.59. The van der Waals surface area contributed by atoms with Crippen LogP contribution in [0.2, 0.25) is 0 Å². The molecule has 1 N–H and O–H groups in total. The molecule has 0 spiro atoms. The second-order valence-corrected chi connectivity index (χ2v) is 5.32. The Morgan fingerprint density at radius 1 is 1.33 bits per heavy atom. The van der Waals surface area contributed by atoms with E-state index in [9.17, 15) is 14.3 Å². The Bertz CT molecular complexity index is 716. The van der Waals surface area contributed by atoms with E-state index in [-0.39, 0.29) is 31.8 Å². The first-order valence-corrected chi connectivity index (χ1v) is 7.58. The number of pyridine rings is 1. The standard InChI is InChI=1S/C18H18FN3O2/c19-15-6-3-5-14(11-15)17(23)12-18(24)22(10-4-8-20)13-16-7-1-2-9-21-16/h1-3,5-7,9,11,17,23H,4,10,12-13H2. The predicted molar refractivity (Wildman–Crippen MR) is 85.9 cm³/mol. The molecule has 1 atom stereocenters. The minimum atomic E-state index is -1.10. The molecule has 0 aliphatic carbocycles. The lowest BCUT2D eigenvalue weighted by Gasteiger charge is -2.23. The van der Waals surface area contributed by atoms with Crippen LogP contribution < -0.4 is 0 Å². The van der Waals surface area contributed by atoms with E-state index in [0.717, 1.165) is 0 Å². The summed E-state index contributed by atoms with van der Waals surface area (Å²) in [7, 11) is 0. The Morgan fingerprint density at radius 2 is 2.17 bits per heavy atom. The highest BCUT2D eigenvalue weighted by Gasteiger charge is 2.19. The first-order chi connectivity index (χ1) is 11.6. The minimum Gasteiger partial charge on any atom is -0.388 e. The van der Waals surface area contributed by atoms with Crippen LogP contribution in [0.4, 0.5) is 4.39 Å². The van der Waals surface area contributed by atoms with Crippen molar-refractivity contribution in [2.75, 3.05) is 6.54 Å². The van der Waals surface area contributed by atoms with Crippen molar-refractivity contribution in [3.8, 4) is 6.07 Å². The fourth-order valence-electron chi connectivity index (χ4n) is 2.29. The van der Waals surface area contributed by atoms with E-state index in [2.05, 4.69) is 4.98 Å². The lowest BCUT2D eigenvalue weighted by atomic mass is 10.1. The number of nitrogens with zero attached hydrogens (tertiary/aromatic N) is 3. The zero-order valence-corrected chi connectivity index (χ0v) is 13.1. The van der Waals surface area contributed by atoms with Gasteiger partial charge in [0.15, 0.2) is 0 Å². The summed E-state index contributed by atoms with van der Waals surface area (Å²) in [4.78, 5) is 18.1. The fraction of sp³-hybridized carbons (Fsp3) is 0.278. The summed E-state index contributed by atoms with van der Waals surface area (Å²) in [6.45, 7) is 0.513. The van der Waals surface area contributed by atoms with Gasteiger partial charge in [0.1, 0.15) is 5.82 Å². The zero-order chi connectivity index (χ0) is 17.4. The van der Waals surface area contributed by atoms with Crippen LogP contribution in [-0.4, -0.2) is 27.4 Å². The molecule has 0 aliphatic heterocycles. The Hall–Kier alpha value is -2.78. The van der Waals surface area contributed by atoms with E-state index in [1.165, 1.54) is 23.1 Å². The van der Waals surface area contributed by atoms with E-state index >= 15 is 0 Å². The van der Waals surface area contributed by atoms with Crippen molar-refractivity contribution < 1.29 is 14.3 Å². The van der Waals surface area contributed by atoms with Crippen LogP contribution in [0.5, 0.6) is 0 Å². The summed E-state index contributed by atoms with van der Waals surface area (Å²) in [5.74, 6) is -0.776. The largest absolute Gasteiger partial charge is 0.388 e. The molecule has 1 heterocycles. The van der Waals surface area contributed by atoms with Gasteiger partial charge in [-0.2, -0.15) is 5.26 Å². The molecule has 0 radical (unpaired) electrons. The van der Waals surface area contributed by atoms with Gasteiger partial charge in [0.2, 0.25) is 5.91 Å². The number of aliphatic hydroxyl groups is 1. The van der Waals surface area contributed by atoms with Gasteiger partial charge in [-0.1, -0.05) is 18.2 Å². The van der Waals surface area contributed by atoms with Crippen LogP contribution in [0.25, 0.3) is 0 Å². The first kappa shape index (κ1) is 17.6. The first-order valence-electron chi connectivity index (χ1n) is 7.58. The fourth-order valence-corrected chi connectivity index (χ4v) is 2.29. The highest BCUT2D eigenvalue weighted by atomic mass is 19.1. The van der Waals surface area contributed by atoms with Crippen LogP contribution in [0.1, 0.15) is 30.2 Å². The lowest BCUT2D eigenvalue weighted by Crippen LogP contribution is -2.32. The predicted octanol–water partition coefficient (Wildman–Crippen LogP) is 2.59. The SMILES string of the molecule is N#CCCN(Cc1ccccn1)C(=O)CC(O)c1cccc(F)c1. The molecule has 2 rings (SSSR count). The van der Waals surface area contributed by atoms with Crippen molar-refractivity contribution in [3.05, 3.63) is 65.7 Å². The van der Waals surface area contributed by atoms with Crippen molar-refractivity contribution in [2.24, 2.45) is 0 Å². The average molecular weight is 327 g/mol. The van der Waals surface area contributed by atoms with Crippen LogP contribution in [0, 0.1) is 17.1 Å². The number of hydrogen-bond donors (Lipinski definition) is 1. The molecule has 5 nitrogen and oxygen atoms in total. The minimum absolute atomic E-state index is 0.179. The Kier molecular flexibility index (Phi) is 6.41. The van der Waals surface area contributed by atoms with E-state index < -0.39 is 11.9 Å². The molecular weight excluding hydrogens is 309 g/mol. The number of hydrogen-bond acceptors (Lipinski definition) is 4. The van der Waals surface area contributed by atoms with Crippen LogP contribution in [0.3, 0.4) is 0 Å². The second kappa shape index (κ2) is 8.75. The third-order valence-electron chi connectivity index (χ3n) is 3.53. The Labute approximate surface area is 140 Å². The molecule has 0 bridgehead atoms. The van der Waals surface area contributed by atoms with Crippen molar-refractivity contribution in [1.29, 1.82) is 5.26 Å². The van der Waals surface area contributed by atoms with Crippen molar-refractivity contribution in [1.82, 2.24) is 9.88 Å². The van der Waals surface area contributed by atoms with Crippen LogP contribution in [0.15, 0.2) is 48.7 Å². The molecule has 0 fully saturated rings. The molecule has 24 heavy (non-hydrogen) atoms. The normalized spacial score (nSPS) is 11.5. The second-order valence-electron chi connectivity index (χ2n) is 5.32. The van der Waals surface area contributed by atoms with Gasteiger partial charge in [0.05, 0.1) is 37.3 Å². The number of carbonyl (C=O) groups excluding carboxylic acids is 1. The summed E-state index contributed by atoms with van der Waals surface area (Å²) in [5.41, 5.74) is 1.05. The quantitative estimate of drug-likeness (QED) is 0.848. The summed E-state index contributed by atoms with van der Waals surface area (Å²) in [6.07, 6.45) is 0.543. The number of halogens is 1. The third kappa shape index (κ3) is 5.14. The molecule has 1 unspecified atom stereocenters. The number of aliphatic hydroxyl groups excluding tert-OH is 1. The number of amides is 1. The number of aromatic nitrogens is 1. The Morgan fingerprint density at radius 3 is 2.83 bits per heavy atom. The molecular formula is C18H18FN3O2. The summed E-state index contributed by atoms with van der Waals surface area (Å²) >= 11 is 0. The maximum absolute atomic E-state index is 13.2. The smallest absolute Gasteiger partial charge is 0.225 e. The molecule has 6 heteroatoms.